The van der Waals surface area contributed by atoms with Crippen molar-refractivity contribution in [2.45, 2.75) is 75.5 Å². The van der Waals surface area contributed by atoms with Gasteiger partial charge in [0, 0.05) is 19.6 Å². The van der Waals surface area contributed by atoms with E-state index in [1.54, 1.807) is 24.9 Å². The maximum atomic E-state index is 13.6. The Bertz CT molecular complexity index is 781. The first-order chi connectivity index (χ1) is 12.5. The largest absolute Gasteiger partial charge is 0.344 e. The Morgan fingerprint density at radius 3 is 2.37 bits per heavy atom. The van der Waals surface area contributed by atoms with Gasteiger partial charge in [-0.15, -0.1) is 0 Å². The zero-order chi connectivity index (χ0) is 20.4. The predicted molar refractivity (Wildman–Crippen MR) is 109 cm³/mol. The molecule has 0 heterocycles. The van der Waals surface area contributed by atoms with E-state index in [0.29, 0.717) is 42.2 Å². The predicted octanol–water partition coefficient (Wildman–Crippen LogP) is 3.22. The first-order valence-electron chi connectivity index (χ1n) is 9.86. The fourth-order valence-corrected chi connectivity index (χ4v) is 6.34. The van der Waals surface area contributed by atoms with Gasteiger partial charge in [-0.3, -0.25) is 4.79 Å². The molecule has 1 atom stereocenters. The molecule has 0 bridgehead atoms. The molecule has 1 amide bonds. The Labute approximate surface area is 164 Å². The van der Waals surface area contributed by atoms with Crippen LogP contribution in [0.5, 0.6) is 0 Å². The smallest absolute Gasteiger partial charge is 0.244 e. The highest BCUT2D eigenvalue weighted by Crippen LogP contribution is 2.42. The number of rotatable bonds is 7. The molecule has 152 valence electrons. The number of hydrogen-bond acceptors (Lipinski definition) is 4. The summed E-state index contributed by atoms with van der Waals surface area (Å²) in [6.45, 7) is 8.25. The topological polar surface area (TPSA) is 80.5 Å². The van der Waals surface area contributed by atoms with Gasteiger partial charge in [-0.25, -0.2) is 8.42 Å². The molecule has 27 heavy (non-hydrogen) atoms. The van der Waals surface area contributed by atoms with Crippen molar-refractivity contribution in [1.82, 2.24) is 4.90 Å². The molecule has 2 N–H and O–H groups in total. The normalized spacial score (nSPS) is 17.9. The van der Waals surface area contributed by atoms with Crippen molar-refractivity contribution >= 4 is 15.7 Å². The van der Waals surface area contributed by atoms with Gasteiger partial charge in [0.15, 0.2) is 14.6 Å². The van der Waals surface area contributed by atoms with Crippen LogP contribution >= 0.6 is 0 Å². The van der Waals surface area contributed by atoms with Crippen molar-refractivity contribution in [3.63, 3.8) is 0 Å². The van der Waals surface area contributed by atoms with E-state index in [9.17, 15) is 13.2 Å². The highest BCUT2D eigenvalue weighted by Gasteiger charge is 2.54. The van der Waals surface area contributed by atoms with Crippen molar-refractivity contribution in [1.29, 1.82) is 0 Å². The number of carbonyl (C=O) groups is 1. The lowest BCUT2D eigenvalue weighted by molar-refractivity contribution is -0.132. The Hall–Kier alpha value is -1.40. The van der Waals surface area contributed by atoms with Crippen LogP contribution in [0.2, 0.25) is 0 Å². The fourth-order valence-electron chi connectivity index (χ4n) is 3.88. The summed E-state index contributed by atoms with van der Waals surface area (Å²) in [7, 11) is -2.07. The third kappa shape index (κ3) is 4.21. The van der Waals surface area contributed by atoms with Crippen LogP contribution in [0.4, 0.5) is 0 Å². The molecule has 2 rings (SSSR count). The molecule has 1 aromatic carbocycles. The monoisotopic (exact) mass is 394 g/mol. The molecule has 6 heteroatoms. The summed E-state index contributed by atoms with van der Waals surface area (Å²) in [5.41, 5.74) is 7.69. The zero-order valence-corrected chi connectivity index (χ0v) is 18.1. The summed E-state index contributed by atoms with van der Waals surface area (Å²) in [5.74, 6) is 0.0458. The second kappa shape index (κ2) is 8.31. The Kier molecular flexibility index (Phi) is 6.74. The minimum Gasteiger partial charge on any atom is -0.344 e. The quantitative estimate of drug-likeness (QED) is 0.770. The third-order valence-electron chi connectivity index (χ3n) is 5.95. The Balaban J connectivity index is 2.36. The first kappa shape index (κ1) is 21.9. The average Bonchev–Trinajstić information content (AvgIpc) is 3.12. The lowest BCUT2D eigenvalue weighted by Crippen LogP contribution is -2.52. The lowest BCUT2D eigenvalue weighted by atomic mass is 10.0. The summed E-state index contributed by atoms with van der Waals surface area (Å²) >= 11 is 0. The lowest BCUT2D eigenvalue weighted by Gasteiger charge is -2.33. The first-order valence-corrected chi connectivity index (χ1v) is 11.3. The van der Waals surface area contributed by atoms with Gasteiger partial charge in [0.2, 0.25) is 5.91 Å². The van der Waals surface area contributed by atoms with Gasteiger partial charge in [-0.2, -0.15) is 0 Å². The average molecular weight is 395 g/mol. The van der Waals surface area contributed by atoms with E-state index >= 15 is 0 Å². The standard InChI is InChI=1S/C21H34N2O3S/c1-15(2)18(22)10-13-23(5)20(24)21(11-6-7-12-21)27(25,26)19-14-16(3)8-9-17(19)4/h8-9,14-15,18H,6-7,10-13,22H2,1-5H3. The van der Waals surface area contributed by atoms with Crippen LogP contribution in [-0.4, -0.2) is 43.6 Å². The summed E-state index contributed by atoms with van der Waals surface area (Å²) in [6, 6.07) is 5.42. The van der Waals surface area contributed by atoms with E-state index in [1.807, 2.05) is 19.1 Å². The maximum absolute atomic E-state index is 13.6. The molecule has 0 saturated heterocycles. The number of sulfone groups is 1. The van der Waals surface area contributed by atoms with Gasteiger partial charge in [0.05, 0.1) is 4.90 Å². The van der Waals surface area contributed by atoms with Crippen LogP contribution in [0.3, 0.4) is 0 Å². The third-order valence-corrected chi connectivity index (χ3v) is 8.58. The number of benzene rings is 1. The molecule has 0 spiro atoms. The molecule has 0 radical (unpaired) electrons. The summed E-state index contributed by atoms with van der Waals surface area (Å²) < 4.78 is 26.0. The van der Waals surface area contributed by atoms with E-state index in [4.69, 9.17) is 5.73 Å². The highest BCUT2D eigenvalue weighted by molar-refractivity contribution is 7.93. The van der Waals surface area contributed by atoms with Gasteiger partial charge in [0.25, 0.3) is 0 Å². The van der Waals surface area contributed by atoms with E-state index in [-0.39, 0.29) is 11.9 Å². The Morgan fingerprint density at radius 2 is 1.81 bits per heavy atom. The van der Waals surface area contributed by atoms with Crippen LogP contribution in [0.1, 0.15) is 57.1 Å². The summed E-state index contributed by atoms with van der Waals surface area (Å²) in [4.78, 5) is 15.2. The second-order valence-electron chi connectivity index (χ2n) is 8.40. The molecule has 1 unspecified atom stereocenters. The van der Waals surface area contributed by atoms with E-state index in [0.717, 1.165) is 18.4 Å². The highest BCUT2D eigenvalue weighted by atomic mass is 32.2. The second-order valence-corrected chi connectivity index (χ2v) is 10.6. The van der Waals surface area contributed by atoms with Crippen LogP contribution in [0, 0.1) is 19.8 Å². The fraction of sp³-hybridized carbons (Fsp3) is 0.667. The van der Waals surface area contributed by atoms with Gasteiger partial charge >= 0.3 is 0 Å². The minimum absolute atomic E-state index is 0.00426. The molecule has 1 aliphatic rings. The van der Waals surface area contributed by atoms with Crippen LogP contribution in [0.25, 0.3) is 0 Å². The molecule has 1 aromatic rings. The van der Waals surface area contributed by atoms with Crippen molar-refractivity contribution in [2.24, 2.45) is 11.7 Å². The van der Waals surface area contributed by atoms with Crippen LogP contribution in [0.15, 0.2) is 23.1 Å². The van der Waals surface area contributed by atoms with Gasteiger partial charge in [0.1, 0.15) is 0 Å². The summed E-state index contributed by atoms with van der Waals surface area (Å²) in [6.07, 6.45) is 2.97. The van der Waals surface area contributed by atoms with Crippen molar-refractivity contribution in [3.05, 3.63) is 29.3 Å². The van der Waals surface area contributed by atoms with Gasteiger partial charge < -0.3 is 10.6 Å². The zero-order valence-electron chi connectivity index (χ0n) is 17.3. The van der Waals surface area contributed by atoms with Gasteiger partial charge in [-0.05, 0) is 56.2 Å². The number of amides is 1. The molecule has 1 saturated carbocycles. The number of aryl methyl sites for hydroxylation is 2. The van der Waals surface area contributed by atoms with E-state index in [1.165, 1.54) is 0 Å². The summed E-state index contributed by atoms with van der Waals surface area (Å²) in [5, 5.41) is 0. The molecule has 0 aromatic heterocycles. The van der Waals surface area contributed by atoms with E-state index in [2.05, 4.69) is 13.8 Å². The Morgan fingerprint density at radius 1 is 1.22 bits per heavy atom. The van der Waals surface area contributed by atoms with Crippen LogP contribution in [-0.2, 0) is 14.6 Å². The SMILES string of the molecule is Cc1ccc(C)c(S(=O)(=O)C2(C(=O)N(C)CCC(N)C(C)C)CCCC2)c1. The molecule has 1 aliphatic carbocycles. The van der Waals surface area contributed by atoms with Crippen molar-refractivity contribution in [3.8, 4) is 0 Å². The molecule has 0 aliphatic heterocycles. The number of hydrogen-bond donors (Lipinski definition) is 1. The van der Waals surface area contributed by atoms with Crippen molar-refractivity contribution in [2.75, 3.05) is 13.6 Å². The molecular formula is C21H34N2O3S. The van der Waals surface area contributed by atoms with Crippen molar-refractivity contribution < 1.29 is 13.2 Å². The van der Waals surface area contributed by atoms with Gasteiger partial charge in [-0.1, -0.05) is 38.8 Å². The molecular weight excluding hydrogens is 360 g/mol. The number of nitrogens with two attached hydrogens (primary N) is 1. The van der Waals surface area contributed by atoms with E-state index < -0.39 is 14.6 Å². The molecule has 1 fully saturated rings. The minimum atomic E-state index is -3.78. The molecule has 5 nitrogen and oxygen atoms in total. The number of carbonyl (C=O) groups excluding carboxylic acids is 1. The number of nitrogens with zero attached hydrogens (tertiary/aromatic N) is 1. The van der Waals surface area contributed by atoms with Crippen LogP contribution < -0.4 is 5.73 Å². The maximum Gasteiger partial charge on any atom is 0.244 e.